The van der Waals surface area contributed by atoms with E-state index in [9.17, 15) is 4.79 Å². The molecule has 1 amide bonds. The predicted octanol–water partition coefficient (Wildman–Crippen LogP) is 5.85. The fourth-order valence-corrected chi connectivity index (χ4v) is 4.80. The minimum atomic E-state index is -0.0713. The summed E-state index contributed by atoms with van der Waals surface area (Å²) in [7, 11) is 0. The van der Waals surface area contributed by atoms with Crippen LogP contribution in [-0.2, 0) is 11.3 Å². The van der Waals surface area contributed by atoms with Gasteiger partial charge in [-0.05, 0) is 31.2 Å². The highest BCUT2D eigenvalue weighted by Gasteiger charge is 2.15. The fraction of sp³-hybridized carbons (Fsp3) is 0.125. The van der Waals surface area contributed by atoms with Gasteiger partial charge in [-0.1, -0.05) is 84.2 Å². The summed E-state index contributed by atoms with van der Waals surface area (Å²) in [6.45, 7) is 2.79. The highest BCUT2D eigenvalue weighted by atomic mass is 32.2. The fourth-order valence-electron chi connectivity index (χ4n) is 3.07. The molecule has 0 atom stereocenters. The van der Waals surface area contributed by atoms with Gasteiger partial charge in [0, 0.05) is 21.9 Å². The summed E-state index contributed by atoms with van der Waals surface area (Å²) in [4.78, 5) is 14.8. The Morgan fingerprint density at radius 2 is 1.58 bits per heavy atom. The van der Waals surface area contributed by atoms with Gasteiger partial charge in [0.2, 0.25) is 5.91 Å². The Balaban J connectivity index is 1.42. The molecule has 0 spiro atoms. The Bertz CT molecular complexity index is 1150. The van der Waals surface area contributed by atoms with E-state index >= 15 is 0 Å². The van der Waals surface area contributed by atoms with Gasteiger partial charge in [-0.25, -0.2) is 0 Å². The molecule has 4 rings (SSSR count). The lowest BCUT2D eigenvalue weighted by molar-refractivity contribution is -0.113. The first-order valence-corrected chi connectivity index (χ1v) is 11.8. The minimum absolute atomic E-state index is 0.0713. The van der Waals surface area contributed by atoms with Crippen LogP contribution in [0.4, 0.5) is 5.69 Å². The Morgan fingerprint density at radius 1 is 0.903 bits per heavy atom. The van der Waals surface area contributed by atoms with Gasteiger partial charge in [0.05, 0.1) is 11.4 Å². The predicted molar refractivity (Wildman–Crippen MR) is 127 cm³/mol. The molecular weight excluding hydrogens is 424 g/mol. The zero-order chi connectivity index (χ0) is 21.5. The van der Waals surface area contributed by atoms with Crippen LogP contribution < -0.4 is 5.32 Å². The number of carbonyl (C=O) groups excluding carboxylic acids is 1. The lowest BCUT2D eigenvalue weighted by Gasteiger charge is -2.11. The first-order valence-electron chi connectivity index (χ1n) is 9.98. The van der Waals surface area contributed by atoms with E-state index in [1.807, 2.05) is 77.4 Å². The normalized spacial score (nSPS) is 10.7. The van der Waals surface area contributed by atoms with E-state index in [-0.39, 0.29) is 11.7 Å². The number of rotatable bonds is 8. The molecule has 1 aromatic heterocycles. The Morgan fingerprint density at radius 3 is 2.32 bits per heavy atom. The van der Waals surface area contributed by atoms with Gasteiger partial charge in [-0.3, -0.25) is 4.79 Å². The van der Waals surface area contributed by atoms with Gasteiger partial charge >= 0.3 is 0 Å². The number of para-hydroxylation sites is 1. The highest BCUT2D eigenvalue weighted by molar-refractivity contribution is 8.00. The van der Waals surface area contributed by atoms with Gasteiger partial charge in [0.25, 0.3) is 0 Å². The largest absolute Gasteiger partial charge is 0.324 e. The zero-order valence-corrected chi connectivity index (χ0v) is 18.7. The quantitative estimate of drug-likeness (QED) is 0.344. The van der Waals surface area contributed by atoms with Crippen molar-refractivity contribution in [3.63, 3.8) is 0 Å². The minimum Gasteiger partial charge on any atom is -0.324 e. The van der Waals surface area contributed by atoms with Crippen LogP contribution in [0, 0.1) is 0 Å². The summed E-state index contributed by atoms with van der Waals surface area (Å²) in [6.07, 6.45) is 0. The number of hydrogen-bond acceptors (Lipinski definition) is 5. The first kappa shape index (κ1) is 21.2. The lowest BCUT2D eigenvalue weighted by Crippen LogP contribution is -2.15. The standard InChI is InChI=1S/C24H22N4OS2/c1-2-28-23(18-11-5-3-6-12-18)26-27-24(28)30-17-22(29)25-20-15-9-10-16-21(20)31-19-13-7-4-8-14-19/h3-16H,2,17H2,1H3,(H,25,29). The average molecular weight is 447 g/mol. The number of nitrogens with one attached hydrogen (secondary N) is 1. The summed E-state index contributed by atoms with van der Waals surface area (Å²) in [5.74, 6) is 1.01. The molecule has 156 valence electrons. The molecule has 1 N–H and O–H groups in total. The molecule has 5 nitrogen and oxygen atoms in total. The lowest BCUT2D eigenvalue weighted by atomic mass is 10.2. The second-order valence-electron chi connectivity index (χ2n) is 6.66. The summed E-state index contributed by atoms with van der Waals surface area (Å²) in [6, 6.07) is 27.9. The summed E-state index contributed by atoms with van der Waals surface area (Å²) < 4.78 is 2.03. The maximum Gasteiger partial charge on any atom is 0.234 e. The van der Waals surface area contributed by atoms with Crippen LogP contribution in [0.25, 0.3) is 11.4 Å². The number of hydrogen-bond donors (Lipinski definition) is 1. The summed E-state index contributed by atoms with van der Waals surface area (Å²) in [5, 5.41) is 12.4. The Kier molecular flexibility index (Phi) is 7.07. The molecule has 0 bridgehead atoms. The Labute approximate surface area is 190 Å². The molecule has 0 aliphatic heterocycles. The van der Waals surface area contributed by atoms with Gasteiger partial charge in [0.1, 0.15) is 0 Å². The molecule has 4 aromatic rings. The van der Waals surface area contributed by atoms with Crippen LogP contribution >= 0.6 is 23.5 Å². The van der Waals surface area contributed by atoms with Crippen LogP contribution in [0.3, 0.4) is 0 Å². The van der Waals surface area contributed by atoms with Crippen molar-refractivity contribution in [2.75, 3.05) is 11.1 Å². The van der Waals surface area contributed by atoms with E-state index in [1.165, 1.54) is 11.8 Å². The highest BCUT2D eigenvalue weighted by Crippen LogP contribution is 2.33. The number of aromatic nitrogens is 3. The third-order valence-electron chi connectivity index (χ3n) is 4.53. The smallest absolute Gasteiger partial charge is 0.234 e. The van der Waals surface area contributed by atoms with E-state index < -0.39 is 0 Å². The summed E-state index contributed by atoms with van der Waals surface area (Å²) >= 11 is 3.02. The third-order valence-corrected chi connectivity index (χ3v) is 6.58. The number of benzene rings is 3. The van der Waals surface area contributed by atoms with E-state index in [2.05, 4.69) is 34.6 Å². The number of anilines is 1. The van der Waals surface area contributed by atoms with Gasteiger partial charge in [0.15, 0.2) is 11.0 Å². The third kappa shape index (κ3) is 5.37. The average Bonchev–Trinajstić information content (AvgIpc) is 3.23. The first-order chi connectivity index (χ1) is 15.2. The topological polar surface area (TPSA) is 59.8 Å². The molecule has 31 heavy (non-hydrogen) atoms. The van der Waals surface area contributed by atoms with Crippen LogP contribution in [0.2, 0.25) is 0 Å². The molecular formula is C24H22N4OS2. The SMILES string of the molecule is CCn1c(SCC(=O)Nc2ccccc2Sc2ccccc2)nnc1-c1ccccc1. The monoisotopic (exact) mass is 446 g/mol. The van der Waals surface area contributed by atoms with Gasteiger partial charge in [-0.15, -0.1) is 10.2 Å². The second-order valence-corrected chi connectivity index (χ2v) is 8.72. The molecule has 0 radical (unpaired) electrons. The van der Waals surface area contributed by atoms with Crippen molar-refractivity contribution in [3.05, 3.63) is 84.9 Å². The second kappa shape index (κ2) is 10.3. The molecule has 1 heterocycles. The molecule has 7 heteroatoms. The van der Waals surface area contributed by atoms with E-state index in [4.69, 9.17) is 0 Å². The van der Waals surface area contributed by atoms with Crippen molar-refractivity contribution in [3.8, 4) is 11.4 Å². The molecule has 0 aliphatic rings. The van der Waals surface area contributed by atoms with E-state index in [0.717, 1.165) is 38.6 Å². The van der Waals surface area contributed by atoms with Crippen LogP contribution in [0.15, 0.2) is 99.9 Å². The van der Waals surface area contributed by atoms with Crippen LogP contribution in [0.1, 0.15) is 6.92 Å². The number of nitrogens with zero attached hydrogens (tertiary/aromatic N) is 3. The maximum absolute atomic E-state index is 12.7. The van der Waals surface area contributed by atoms with Crippen molar-refractivity contribution in [2.24, 2.45) is 0 Å². The number of carbonyl (C=O) groups is 1. The van der Waals surface area contributed by atoms with E-state index in [0.29, 0.717) is 0 Å². The van der Waals surface area contributed by atoms with Crippen LogP contribution in [0.5, 0.6) is 0 Å². The molecule has 3 aromatic carbocycles. The molecule has 0 saturated heterocycles. The zero-order valence-electron chi connectivity index (χ0n) is 17.1. The van der Waals surface area contributed by atoms with Crippen molar-refractivity contribution in [2.45, 2.75) is 28.4 Å². The molecule has 0 fully saturated rings. The number of amides is 1. The molecule has 0 saturated carbocycles. The van der Waals surface area contributed by atoms with Crippen molar-refractivity contribution < 1.29 is 4.79 Å². The van der Waals surface area contributed by atoms with Crippen molar-refractivity contribution in [1.29, 1.82) is 0 Å². The van der Waals surface area contributed by atoms with Crippen molar-refractivity contribution in [1.82, 2.24) is 14.8 Å². The van der Waals surface area contributed by atoms with Gasteiger partial charge < -0.3 is 9.88 Å². The van der Waals surface area contributed by atoms with Crippen LogP contribution in [-0.4, -0.2) is 26.4 Å². The summed E-state index contributed by atoms with van der Waals surface area (Å²) in [5.41, 5.74) is 1.82. The maximum atomic E-state index is 12.7. The molecule has 0 unspecified atom stereocenters. The van der Waals surface area contributed by atoms with E-state index in [1.54, 1.807) is 11.8 Å². The number of thioether (sulfide) groups is 1. The Hall–Kier alpha value is -3.03. The van der Waals surface area contributed by atoms with Crippen molar-refractivity contribution >= 4 is 35.1 Å². The molecule has 0 aliphatic carbocycles. The van der Waals surface area contributed by atoms with Gasteiger partial charge in [-0.2, -0.15) is 0 Å².